The Bertz CT molecular complexity index is 507. The van der Waals surface area contributed by atoms with Gasteiger partial charge in [0, 0.05) is 26.2 Å². The van der Waals surface area contributed by atoms with E-state index in [0.717, 1.165) is 26.1 Å². The zero-order chi connectivity index (χ0) is 16.0. The minimum absolute atomic E-state index is 0.356. The van der Waals surface area contributed by atoms with Crippen molar-refractivity contribution >= 4 is 6.09 Å². The number of amides is 1. The van der Waals surface area contributed by atoms with E-state index in [1.165, 1.54) is 11.1 Å². The largest absolute Gasteiger partial charge is 0.444 e. The molecule has 1 N–H and O–H groups in total. The fourth-order valence-electron chi connectivity index (χ4n) is 2.34. The Labute approximate surface area is 133 Å². The Kier molecular flexibility index (Phi) is 5.61. The van der Waals surface area contributed by atoms with Crippen LogP contribution in [0, 0.1) is 0 Å². The molecule has 1 aromatic carbocycles. The molecule has 0 spiro atoms. The molecule has 0 aliphatic carbocycles. The predicted molar refractivity (Wildman–Crippen MR) is 88.8 cm³/mol. The lowest BCUT2D eigenvalue weighted by atomic mass is 10.1. The molecule has 0 unspecified atom stereocenters. The minimum Gasteiger partial charge on any atom is -0.444 e. The molecule has 2 rings (SSSR count). The van der Waals surface area contributed by atoms with Gasteiger partial charge in [-0.1, -0.05) is 36.4 Å². The molecule has 0 bridgehead atoms. The smallest absolute Gasteiger partial charge is 0.407 e. The van der Waals surface area contributed by atoms with Crippen molar-refractivity contribution in [3.63, 3.8) is 0 Å². The van der Waals surface area contributed by atoms with Crippen LogP contribution in [0.3, 0.4) is 0 Å². The number of hydrogen-bond acceptors (Lipinski definition) is 3. The molecule has 0 saturated carbocycles. The average Bonchev–Trinajstić information content (AvgIpc) is 2.91. The van der Waals surface area contributed by atoms with E-state index in [2.05, 4.69) is 46.6 Å². The van der Waals surface area contributed by atoms with Crippen molar-refractivity contribution in [3.8, 4) is 0 Å². The van der Waals surface area contributed by atoms with Crippen molar-refractivity contribution in [2.45, 2.75) is 39.3 Å². The van der Waals surface area contributed by atoms with Gasteiger partial charge in [0.15, 0.2) is 0 Å². The zero-order valence-electron chi connectivity index (χ0n) is 13.8. The minimum atomic E-state index is -0.448. The van der Waals surface area contributed by atoms with Crippen LogP contribution in [-0.4, -0.2) is 36.2 Å². The third kappa shape index (κ3) is 5.90. The first-order chi connectivity index (χ1) is 10.4. The molecule has 4 heteroatoms. The average molecular weight is 302 g/mol. The highest BCUT2D eigenvalue weighted by molar-refractivity contribution is 5.67. The Morgan fingerprint density at radius 3 is 2.32 bits per heavy atom. The second-order valence-electron chi connectivity index (χ2n) is 6.66. The first kappa shape index (κ1) is 16.6. The predicted octanol–water partition coefficient (Wildman–Crippen LogP) is 3.13. The summed E-state index contributed by atoms with van der Waals surface area (Å²) in [5.74, 6) is 0. The van der Waals surface area contributed by atoms with Crippen molar-refractivity contribution in [1.82, 2.24) is 10.2 Å². The molecule has 22 heavy (non-hydrogen) atoms. The van der Waals surface area contributed by atoms with Crippen molar-refractivity contribution in [2.24, 2.45) is 0 Å². The molecule has 4 nitrogen and oxygen atoms in total. The van der Waals surface area contributed by atoms with Gasteiger partial charge in [-0.15, -0.1) is 0 Å². The molecule has 1 heterocycles. The number of hydrogen-bond donors (Lipinski definition) is 1. The molecular formula is C18H26N2O2. The van der Waals surface area contributed by atoms with E-state index in [-0.39, 0.29) is 6.09 Å². The molecule has 120 valence electrons. The number of carbonyl (C=O) groups is 1. The number of rotatable bonds is 5. The van der Waals surface area contributed by atoms with Gasteiger partial charge in [-0.2, -0.15) is 0 Å². The molecular weight excluding hydrogens is 276 g/mol. The lowest BCUT2D eigenvalue weighted by molar-refractivity contribution is 0.0528. The summed E-state index contributed by atoms with van der Waals surface area (Å²) in [5.41, 5.74) is 2.10. The molecule has 0 atom stereocenters. The van der Waals surface area contributed by atoms with Crippen LogP contribution in [0.25, 0.3) is 0 Å². The quantitative estimate of drug-likeness (QED) is 0.850. The van der Waals surface area contributed by atoms with Crippen LogP contribution in [0.15, 0.2) is 36.4 Å². The van der Waals surface area contributed by atoms with E-state index >= 15 is 0 Å². The second-order valence-corrected chi connectivity index (χ2v) is 6.66. The Balaban J connectivity index is 1.71. The van der Waals surface area contributed by atoms with Crippen molar-refractivity contribution in [2.75, 3.05) is 19.6 Å². The third-order valence-electron chi connectivity index (χ3n) is 3.40. The Morgan fingerprint density at radius 2 is 1.73 bits per heavy atom. The topological polar surface area (TPSA) is 41.6 Å². The summed E-state index contributed by atoms with van der Waals surface area (Å²) in [6.07, 6.45) is 4.86. The Morgan fingerprint density at radius 1 is 1.14 bits per heavy atom. The Hall–Kier alpha value is -1.81. The summed E-state index contributed by atoms with van der Waals surface area (Å²) in [4.78, 5) is 13.9. The summed E-state index contributed by atoms with van der Waals surface area (Å²) in [6, 6.07) is 8.60. The molecule has 1 aliphatic rings. The van der Waals surface area contributed by atoms with Crippen LogP contribution in [0.1, 0.15) is 31.9 Å². The van der Waals surface area contributed by atoms with E-state index in [1.807, 2.05) is 20.8 Å². The van der Waals surface area contributed by atoms with Crippen LogP contribution in [0.5, 0.6) is 0 Å². The maximum atomic E-state index is 11.6. The first-order valence-corrected chi connectivity index (χ1v) is 7.84. The molecule has 0 radical (unpaired) electrons. The fraction of sp³-hybridized carbons (Fsp3) is 0.500. The second kappa shape index (κ2) is 7.45. The summed E-state index contributed by atoms with van der Waals surface area (Å²) >= 11 is 0. The fourth-order valence-corrected chi connectivity index (χ4v) is 2.34. The van der Waals surface area contributed by atoms with E-state index in [9.17, 15) is 4.79 Å². The lowest BCUT2D eigenvalue weighted by Gasteiger charge is -2.19. The molecule has 1 aromatic rings. The van der Waals surface area contributed by atoms with Gasteiger partial charge in [0.25, 0.3) is 0 Å². The van der Waals surface area contributed by atoms with Crippen LogP contribution < -0.4 is 5.32 Å². The highest BCUT2D eigenvalue weighted by Gasteiger charge is 2.15. The SMILES string of the molecule is CC(C)(C)OC(=O)NCCc1ccc(CN2CC=CC2)cc1. The molecule has 0 saturated heterocycles. The summed E-state index contributed by atoms with van der Waals surface area (Å²) in [6.45, 7) is 9.25. The van der Waals surface area contributed by atoms with E-state index in [0.29, 0.717) is 6.54 Å². The van der Waals surface area contributed by atoms with Gasteiger partial charge in [-0.3, -0.25) is 4.90 Å². The maximum Gasteiger partial charge on any atom is 0.407 e. The summed E-state index contributed by atoms with van der Waals surface area (Å²) in [7, 11) is 0. The highest BCUT2D eigenvalue weighted by Crippen LogP contribution is 2.10. The van der Waals surface area contributed by atoms with E-state index in [1.54, 1.807) is 0 Å². The van der Waals surface area contributed by atoms with Gasteiger partial charge in [-0.05, 0) is 38.3 Å². The highest BCUT2D eigenvalue weighted by atomic mass is 16.6. The molecule has 0 aromatic heterocycles. The van der Waals surface area contributed by atoms with Gasteiger partial charge in [0.1, 0.15) is 5.60 Å². The number of benzene rings is 1. The number of nitrogens with one attached hydrogen (secondary N) is 1. The van der Waals surface area contributed by atoms with Crippen molar-refractivity contribution < 1.29 is 9.53 Å². The number of carbonyl (C=O) groups excluding carboxylic acids is 1. The van der Waals surface area contributed by atoms with Crippen LogP contribution >= 0.6 is 0 Å². The number of alkyl carbamates (subject to hydrolysis) is 1. The maximum absolute atomic E-state index is 11.6. The van der Waals surface area contributed by atoms with Gasteiger partial charge < -0.3 is 10.1 Å². The van der Waals surface area contributed by atoms with Crippen LogP contribution in [0.2, 0.25) is 0 Å². The number of ether oxygens (including phenoxy) is 1. The molecule has 1 aliphatic heterocycles. The normalized spacial score (nSPS) is 15.0. The number of nitrogens with zero attached hydrogens (tertiary/aromatic N) is 1. The van der Waals surface area contributed by atoms with Crippen LogP contribution in [0.4, 0.5) is 4.79 Å². The standard InChI is InChI=1S/C18H26N2O2/c1-18(2,3)22-17(21)19-11-10-15-6-8-16(9-7-15)14-20-12-4-5-13-20/h4-9H,10-14H2,1-3H3,(H,19,21). The van der Waals surface area contributed by atoms with Gasteiger partial charge in [0.05, 0.1) is 0 Å². The van der Waals surface area contributed by atoms with Crippen molar-refractivity contribution in [1.29, 1.82) is 0 Å². The summed E-state index contributed by atoms with van der Waals surface area (Å²) in [5, 5.41) is 2.78. The van der Waals surface area contributed by atoms with Crippen molar-refractivity contribution in [3.05, 3.63) is 47.5 Å². The van der Waals surface area contributed by atoms with Gasteiger partial charge in [0.2, 0.25) is 0 Å². The zero-order valence-corrected chi connectivity index (χ0v) is 13.8. The summed E-state index contributed by atoms with van der Waals surface area (Å²) < 4.78 is 5.21. The van der Waals surface area contributed by atoms with E-state index < -0.39 is 5.60 Å². The monoisotopic (exact) mass is 302 g/mol. The van der Waals surface area contributed by atoms with Crippen LogP contribution in [-0.2, 0) is 17.7 Å². The van der Waals surface area contributed by atoms with Gasteiger partial charge in [-0.25, -0.2) is 4.79 Å². The van der Waals surface area contributed by atoms with E-state index in [4.69, 9.17) is 4.74 Å². The van der Waals surface area contributed by atoms with Gasteiger partial charge >= 0.3 is 6.09 Å². The first-order valence-electron chi connectivity index (χ1n) is 7.84. The molecule has 0 fully saturated rings. The lowest BCUT2D eigenvalue weighted by Crippen LogP contribution is -2.33. The molecule has 1 amide bonds. The third-order valence-corrected chi connectivity index (χ3v) is 3.40.